The third-order valence-electron chi connectivity index (χ3n) is 2.71. The Balaban J connectivity index is 2.08. The van der Waals surface area contributed by atoms with Gasteiger partial charge < -0.3 is 10.3 Å². The zero-order valence-corrected chi connectivity index (χ0v) is 13.5. The van der Waals surface area contributed by atoms with Crippen LogP contribution in [0.5, 0.6) is 0 Å². The summed E-state index contributed by atoms with van der Waals surface area (Å²) in [6.07, 6.45) is 1.60. The van der Waals surface area contributed by atoms with Gasteiger partial charge in [-0.05, 0) is 50.1 Å². The van der Waals surface area contributed by atoms with Crippen LogP contribution in [0.3, 0.4) is 0 Å². The highest BCUT2D eigenvalue weighted by molar-refractivity contribution is 9.11. The van der Waals surface area contributed by atoms with E-state index in [1.165, 1.54) is 12.1 Å². The first-order valence-corrected chi connectivity index (χ1v) is 7.34. The molecule has 0 fully saturated rings. The topological polar surface area (TPSA) is 77.8 Å². The van der Waals surface area contributed by atoms with Crippen molar-refractivity contribution >= 4 is 37.5 Å². The Kier molecular flexibility index (Phi) is 3.73. The molecule has 0 aliphatic heterocycles. The summed E-state index contributed by atoms with van der Waals surface area (Å²) in [5.41, 5.74) is 6.56. The van der Waals surface area contributed by atoms with Gasteiger partial charge in [-0.3, -0.25) is 4.98 Å². The van der Waals surface area contributed by atoms with E-state index in [0.29, 0.717) is 10.2 Å². The van der Waals surface area contributed by atoms with Gasteiger partial charge in [-0.1, -0.05) is 11.2 Å². The maximum absolute atomic E-state index is 13.8. The van der Waals surface area contributed by atoms with Crippen molar-refractivity contribution in [2.45, 2.75) is 0 Å². The van der Waals surface area contributed by atoms with E-state index in [0.717, 1.165) is 4.47 Å². The van der Waals surface area contributed by atoms with Crippen molar-refractivity contribution in [1.29, 1.82) is 0 Å². The molecule has 3 aromatic rings. The van der Waals surface area contributed by atoms with Gasteiger partial charge in [0, 0.05) is 20.8 Å². The molecule has 0 saturated heterocycles. The van der Waals surface area contributed by atoms with Gasteiger partial charge >= 0.3 is 0 Å². The second-order valence-corrected chi connectivity index (χ2v) is 5.88. The average Bonchev–Trinajstić information content (AvgIpc) is 2.87. The van der Waals surface area contributed by atoms with Crippen molar-refractivity contribution in [1.82, 2.24) is 15.1 Å². The Bertz CT molecular complexity index is 801. The van der Waals surface area contributed by atoms with Crippen molar-refractivity contribution in [3.8, 4) is 23.0 Å². The largest absolute Gasteiger partial charge is 0.398 e. The first-order valence-electron chi connectivity index (χ1n) is 5.75. The van der Waals surface area contributed by atoms with Crippen LogP contribution in [0, 0.1) is 5.82 Å². The van der Waals surface area contributed by atoms with Crippen LogP contribution in [0.4, 0.5) is 10.1 Å². The summed E-state index contributed by atoms with van der Waals surface area (Å²) in [6.45, 7) is 0. The third kappa shape index (κ3) is 2.68. The van der Waals surface area contributed by atoms with Gasteiger partial charge in [-0.25, -0.2) is 4.39 Å². The van der Waals surface area contributed by atoms with Crippen molar-refractivity contribution in [2.24, 2.45) is 0 Å². The van der Waals surface area contributed by atoms with Crippen molar-refractivity contribution in [3.63, 3.8) is 0 Å². The van der Waals surface area contributed by atoms with E-state index < -0.39 is 5.82 Å². The Morgan fingerprint density at radius 1 is 1.24 bits per heavy atom. The number of hydrogen-bond donors (Lipinski definition) is 1. The molecule has 0 bridgehead atoms. The summed E-state index contributed by atoms with van der Waals surface area (Å²) in [4.78, 5) is 8.35. The normalized spacial score (nSPS) is 10.8. The molecule has 1 aromatic carbocycles. The summed E-state index contributed by atoms with van der Waals surface area (Å²) in [7, 11) is 0. The monoisotopic (exact) mass is 412 g/mol. The number of hydrogen-bond acceptors (Lipinski definition) is 5. The summed E-state index contributed by atoms with van der Waals surface area (Å²) in [6, 6.07) is 6.16. The van der Waals surface area contributed by atoms with E-state index in [1.54, 1.807) is 18.3 Å². The lowest BCUT2D eigenvalue weighted by Crippen LogP contribution is -1.94. The Labute approximate surface area is 135 Å². The molecule has 2 N–H and O–H groups in total. The first kappa shape index (κ1) is 14.2. The van der Waals surface area contributed by atoms with Crippen molar-refractivity contribution in [2.75, 3.05) is 5.73 Å². The number of anilines is 1. The van der Waals surface area contributed by atoms with Gasteiger partial charge in [-0.15, -0.1) is 0 Å². The van der Waals surface area contributed by atoms with E-state index in [9.17, 15) is 4.39 Å². The number of benzene rings is 1. The molecule has 2 aromatic heterocycles. The molecule has 0 aliphatic carbocycles. The van der Waals surface area contributed by atoms with Crippen molar-refractivity contribution < 1.29 is 8.91 Å². The standard InChI is InChI=1S/C13H7Br2FN4O/c14-6-4-7(15)11(18-5-6)12-19-13(21-20-12)10-8(16)2-1-3-9(10)17/h1-5H,17H2. The minimum atomic E-state index is -0.520. The zero-order chi connectivity index (χ0) is 15.0. The highest BCUT2D eigenvalue weighted by Crippen LogP contribution is 2.31. The van der Waals surface area contributed by atoms with Crippen LogP contribution in [0.15, 0.2) is 43.9 Å². The van der Waals surface area contributed by atoms with Crippen LogP contribution in [-0.4, -0.2) is 15.1 Å². The first-order chi connectivity index (χ1) is 10.1. The zero-order valence-electron chi connectivity index (χ0n) is 10.3. The minimum absolute atomic E-state index is 0.0113. The predicted octanol–water partition coefficient (Wildman–Crippen LogP) is 4.04. The molecule has 8 heteroatoms. The van der Waals surface area contributed by atoms with Crippen LogP contribution >= 0.6 is 31.9 Å². The van der Waals surface area contributed by atoms with Gasteiger partial charge in [0.15, 0.2) is 0 Å². The van der Waals surface area contributed by atoms with Gasteiger partial charge in [0.25, 0.3) is 5.89 Å². The Hall–Kier alpha value is -1.80. The molecule has 0 amide bonds. The summed E-state index contributed by atoms with van der Waals surface area (Å²) in [5.74, 6) is -0.266. The maximum atomic E-state index is 13.8. The lowest BCUT2D eigenvalue weighted by Gasteiger charge is -2.01. The highest BCUT2D eigenvalue weighted by Gasteiger charge is 2.19. The Morgan fingerprint density at radius 2 is 2.05 bits per heavy atom. The van der Waals surface area contributed by atoms with Crippen LogP contribution < -0.4 is 5.73 Å². The number of nitrogens with zero attached hydrogens (tertiary/aromatic N) is 3. The van der Waals surface area contributed by atoms with E-state index in [4.69, 9.17) is 10.3 Å². The molecule has 3 rings (SSSR count). The van der Waals surface area contributed by atoms with Crippen molar-refractivity contribution in [3.05, 3.63) is 45.2 Å². The SMILES string of the molecule is Nc1cccc(F)c1-c1nc(-c2ncc(Br)cc2Br)no1. The fraction of sp³-hybridized carbons (Fsp3) is 0. The number of aromatic nitrogens is 3. The summed E-state index contributed by atoms with van der Waals surface area (Å²) in [5, 5.41) is 3.82. The summed E-state index contributed by atoms with van der Waals surface area (Å²) >= 11 is 6.67. The smallest absolute Gasteiger partial charge is 0.263 e. The second-order valence-electron chi connectivity index (χ2n) is 4.11. The molecule has 0 radical (unpaired) electrons. The van der Waals surface area contributed by atoms with Crippen LogP contribution in [0.2, 0.25) is 0 Å². The number of rotatable bonds is 2. The predicted molar refractivity (Wildman–Crippen MR) is 82.7 cm³/mol. The van der Waals surface area contributed by atoms with E-state index in [1.807, 2.05) is 0 Å². The number of halogens is 3. The van der Waals surface area contributed by atoms with Crippen LogP contribution in [0.25, 0.3) is 23.0 Å². The lowest BCUT2D eigenvalue weighted by atomic mass is 10.1. The van der Waals surface area contributed by atoms with E-state index in [2.05, 4.69) is 47.0 Å². The second kappa shape index (κ2) is 5.53. The van der Waals surface area contributed by atoms with Gasteiger partial charge in [0.05, 0.1) is 5.56 Å². The highest BCUT2D eigenvalue weighted by atomic mass is 79.9. The third-order valence-corrected chi connectivity index (χ3v) is 3.74. The molecule has 0 aliphatic rings. The van der Waals surface area contributed by atoms with Crippen LogP contribution in [0.1, 0.15) is 0 Å². The number of nitrogen functional groups attached to an aromatic ring is 1. The molecule has 0 saturated carbocycles. The molecule has 21 heavy (non-hydrogen) atoms. The van der Waals surface area contributed by atoms with Crippen LogP contribution in [-0.2, 0) is 0 Å². The lowest BCUT2D eigenvalue weighted by molar-refractivity contribution is 0.429. The average molecular weight is 414 g/mol. The van der Waals surface area contributed by atoms with Gasteiger partial charge in [0.2, 0.25) is 5.82 Å². The Morgan fingerprint density at radius 3 is 2.76 bits per heavy atom. The maximum Gasteiger partial charge on any atom is 0.263 e. The molecule has 0 unspecified atom stereocenters. The number of pyridine rings is 1. The van der Waals surface area contributed by atoms with Gasteiger partial charge in [0.1, 0.15) is 11.5 Å². The fourth-order valence-electron chi connectivity index (χ4n) is 1.77. The molecule has 2 heterocycles. The molecule has 0 atom stereocenters. The molecular formula is C13H7Br2FN4O. The summed E-state index contributed by atoms with van der Waals surface area (Å²) < 4.78 is 20.4. The van der Waals surface area contributed by atoms with E-state index >= 15 is 0 Å². The molecule has 106 valence electrons. The minimum Gasteiger partial charge on any atom is -0.398 e. The fourth-order valence-corrected chi connectivity index (χ4v) is 2.93. The quantitative estimate of drug-likeness (QED) is 0.641. The molecular weight excluding hydrogens is 407 g/mol. The number of nitrogens with two attached hydrogens (primary N) is 1. The van der Waals surface area contributed by atoms with E-state index in [-0.39, 0.29) is 23.0 Å². The molecule has 0 spiro atoms. The van der Waals surface area contributed by atoms with Gasteiger partial charge in [-0.2, -0.15) is 4.98 Å². The molecule has 5 nitrogen and oxygen atoms in total.